The van der Waals surface area contributed by atoms with Gasteiger partial charge in [-0.1, -0.05) is 12.1 Å². The lowest BCUT2D eigenvalue weighted by Gasteiger charge is -2.06. The van der Waals surface area contributed by atoms with E-state index in [1.165, 1.54) is 0 Å². The van der Waals surface area contributed by atoms with Gasteiger partial charge in [0, 0.05) is 11.4 Å². The van der Waals surface area contributed by atoms with Gasteiger partial charge >= 0.3 is 0 Å². The second-order valence-corrected chi connectivity index (χ2v) is 3.48. The number of anilines is 2. The van der Waals surface area contributed by atoms with E-state index in [9.17, 15) is 8.78 Å². The molecule has 4 N–H and O–H groups in total. The van der Waals surface area contributed by atoms with E-state index in [1.807, 2.05) is 0 Å². The Morgan fingerprint density at radius 2 is 1.25 bits per heavy atom. The van der Waals surface area contributed by atoms with Crippen LogP contribution in [0.5, 0.6) is 0 Å². The molecule has 0 aromatic heterocycles. The molecular formula is C12H10F2N2. The van der Waals surface area contributed by atoms with Crippen molar-refractivity contribution in [3.63, 3.8) is 0 Å². The van der Waals surface area contributed by atoms with Crippen molar-refractivity contribution in [2.75, 3.05) is 11.5 Å². The van der Waals surface area contributed by atoms with Crippen LogP contribution in [0.4, 0.5) is 20.2 Å². The molecule has 0 unspecified atom stereocenters. The Hall–Kier alpha value is -2.10. The van der Waals surface area contributed by atoms with Crippen molar-refractivity contribution in [3.8, 4) is 11.1 Å². The summed E-state index contributed by atoms with van der Waals surface area (Å²) in [5, 5.41) is 0. The van der Waals surface area contributed by atoms with Crippen LogP contribution in [0.3, 0.4) is 0 Å². The lowest BCUT2D eigenvalue weighted by molar-refractivity contribution is 0.591. The normalized spacial score (nSPS) is 10.4. The van der Waals surface area contributed by atoms with Crippen LogP contribution in [-0.2, 0) is 0 Å². The molecule has 4 heteroatoms. The highest BCUT2D eigenvalue weighted by molar-refractivity contribution is 5.68. The maximum atomic E-state index is 13.5. The third kappa shape index (κ3) is 1.82. The summed E-state index contributed by atoms with van der Waals surface area (Å²) in [6.45, 7) is 0. The van der Waals surface area contributed by atoms with E-state index in [0.29, 0.717) is 11.3 Å². The van der Waals surface area contributed by atoms with Crippen LogP contribution in [0, 0.1) is 11.6 Å². The van der Waals surface area contributed by atoms with Crippen molar-refractivity contribution in [1.29, 1.82) is 0 Å². The summed E-state index contributed by atoms with van der Waals surface area (Å²) in [6.07, 6.45) is 0. The highest BCUT2D eigenvalue weighted by Gasteiger charge is 2.12. The van der Waals surface area contributed by atoms with Gasteiger partial charge in [0.2, 0.25) is 0 Å². The number of nitrogen functional groups attached to an aromatic ring is 2. The fourth-order valence-corrected chi connectivity index (χ4v) is 1.52. The van der Waals surface area contributed by atoms with E-state index in [1.54, 1.807) is 24.3 Å². The van der Waals surface area contributed by atoms with Crippen LogP contribution in [0.2, 0.25) is 0 Å². The van der Waals surface area contributed by atoms with Gasteiger partial charge < -0.3 is 11.5 Å². The maximum Gasteiger partial charge on any atom is 0.136 e. The van der Waals surface area contributed by atoms with Crippen LogP contribution in [0.15, 0.2) is 36.4 Å². The van der Waals surface area contributed by atoms with Crippen LogP contribution in [0.1, 0.15) is 0 Å². The second-order valence-electron chi connectivity index (χ2n) is 3.48. The average Bonchev–Trinajstić information content (AvgIpc) is 2.19. The molecule has 82 valence electrons. The Bertz CT molecular complexity index is 498. The quantitative estimate of drug-likeness (QED) is 0.726. The van der Waals surface area contributed by atoms with Gasteiger partial charge in [-0.3, -0.25) is 0 Å². The van der Waals surface area contributed by atoms with E-state index in [2.05, 4.69) is 0 Å². The van der Waals surface area contributed by atoms with Crippen molar-refractivity contribution < 1.29 is 8.78 Å². The van der Waals surface area contributed by atoms with Crippen molar-refractivity contribution in [2.24, 2.45) is 0 Å². The van der Waals surface area contributed by atoms with E-state index in [0.717, 1.165) is 12.1 Å². The second kappa shape index (κ2) is 3.81. The molecule has 0 radical (unpaired) electrons. The van der Waals surface area contributed by atoms with Gasteiger partial charge in [0.15, 0.2) is 0 Å². The standard InChI is InChI=1S/C12H10F2N2/c13-10-5-9(16)6-11(14)12(10)7-1-3-8(15)4-2-7/h1-6H,15-16H2. The Balaban J connectivity index is 2.60. The molecule has 2 nitrogen and oxygen atoms in total. The fourth-order valence-electron chi connectivity index (χ4n) is 1.52. The summed E-state index contributed by atoms with van der Waals surface area (Å²) in [4.78, 5) is 0. The van der Waals surface area contributed by atoms with Gasteiger partial charge in [0.25, 0.3) is 0 Å². The van der Waals surface area contributed by atoms with Gasteiger partial charge in [-0.25, -0.2) is 8.78 Å². The minimum absolute atomic E-state index is 0.0641. The topological polar surface area (TPSA) is 52.0 Å². The molecule has 0 aliphatic carbocycles. The largest absolute Gasteiger partial charge is 0.399 e. The molecule has 0 aliphatic heterocycles. The third-order valence-corrected chi connectivity index (χ3v) is 2.26. The maximum absolute atomic E-state index is 13.5. The van der Waals surface area contributed by atoms with Crippen LogP contribution < -0.4 is 11.5 Å². The highest BCUT2D eigenvalue weighted by Crippen LogP contribution is 2.28. The molecule has 0 heterocycles. The van der Waals surface area contributed by atoms with E-state index >= 15 is 0 Å². The van der Waals surface area contributed by atoms with Crippen molar-refractivity contribution in [2.45, 2.75) is 0 Å². The molecular weight excluding hydrogens is 210 g/mol. The highest BCUT2D eigenvalue weighted by atomic mass is 19.1. The monoisotopic (exact) mass is 220 g/mol. The molecule has 0 saturated heterocycles. The zero-order chi connectivity index (χ0) is 11.7. The number of hydrogen-bond acceptors (Lipinski definition) is 2. The molecule has 0 saturated carbocycles. The van der Waals surface area contributed by atoms with E-state index in [-0.39, 0.29) is 11.3 Å². The summed E-state index contributed by atoms with van der Waals surface area (Å²) in [6, 6.07) is 8.48. The van der Waals surface area contributed by atoms with Gasteiger partial charge in [0.05, 0.1) is 5.56 Å². The average molecular weight is 220 g/mol. The third-order valence-electron chi connectivity index (χ3n) is 2.26. The summed E-state index contributed by atoms with van der Waals surface area (Å²) >= 11 is 0. The predicted molar refractivity (Wildman–Crippen MR) is 60.6 cm³/mol. The van der Waals surface area contributed by atoms with Gasteiger partial charge in [-0.2, -0.15) is 0 Å². The summed E-state index contributed by atoms with van der Waals surface area (Å²) in [5.41, 5.74) is 11.8. The summed E-state index contributed by atoms with van der Waals surface area (Å²) in [7, 11) is 0. The molecule has 0 fully saturated rings. The van der Waals surface area contributed by atoms with Crippen LogP contribution in [-0.4, -0.2) is 0 Å². The Labute approximate surface area is 91.5 Å². The molecule has 2 rings (SSSR count). The lowest BCUT2D eigenvalue weighted by Crippen LogP contribution is -1.94. The zero-order valence-electron chi connectivity index (χ0n) is 8.37. The molecule has 2 aromatic carbocycles. The first-order chi connectivity index (χ1) is 7.58. The Kier molecular flexibility index (Phi) is 2.48. The van der Waals surface area contributed by atoms with Crippen molar-refractivity contribution in [1.82, 2.24) is 0 Å². The smallest absolute Gasteiger partial charge is 0.136 e. The number of halogens is 2. The van der Waals surface area contributed by atoms with E-state index in [4.69, 9.17) is 11.5 Å². The Morgan fingerprint density at radius 3 is 1.75 bits per heavy atom. The predicted octanol–water partition coefficient (Wildman–Crippen LogP) is 2.80. The van der Waals surface area contributed by atoms with Gasteiger partial charge in [0.1, 0.15) is 11.6 Å². The lowest BCUT2D eigenvalue weighted by atomic mass is 10.0. The summed E-state index contributed by atoms with van der Waals surface area (Å²) in [5.74, 6) is -1.36. The fraction of sp³-hybridized carbons (Fsp3) is 0. The molecule has 16 heavy (non-hydrogen) atoms. The molecule has 0 atom stereocenters. The number of nitrogens with two attached hydrogens (primary N) is 2. The van der Waals surface area contributed by atoms with E-state index < -0.39 is 11.6 Å². The molecule has 0 spiro atoms. The first-order valence-corrected chi connectivity index (χ1v) is 4.68. The van der Waals surface area contributed by atoms with Crippen LogP contribution >= 0.6 is 0 Å². The van der Waals surface area contributed by atoms with Gasteiger partial charge in [-0.05, 0) is 29.8 Å². The van der Waals surface area contributed by atoms with Gasteiger partial charge in [-0.15, -0.1) is 0 Å². The zero-order valence-corrected chi connectivity index (χ0v) is 8.37. The first kappa shape index (κ1) is 10.4. The molecule has 0 aliphatic rings. The number of benzene rings is 2. The van der Waals surface area contributed by atoms with Crippen LogP contribution in [0.25, 0.3) is 11.1 Å². The SMILES string of the molecule is Nc1ccc(-c2c(F)cc(N)cc2F)cc1. The Morgan fingerprint density at radius 1 is 0.750 bits per heavy atom. The minimum Gasteiger partial charge on any atom is -0.399 e. The number of hydrogen-bond donors (Lipinski definition) is 2. The minimum atomic E-state index is -0.678. The first-order valence-electron chi connectivity index (χ1n) is 4.68. The molecule has 2 aromatic rings. The molecule has 0 amide bonds. The molecule has 0 bridgehead atoms. The summed E-state index contributed by atoms with van der Waals surface area (Å²) < 4.78 is 27.1. The van der Waals surface area contributed by atoms with Crippen molar-refractivity contribution in [3.05, 3.63) is 48.0 Å². The number of rotatable bonds is 1. The van der Waals surface area contributed by atoms with Crippen molar-refractivity contribution >= 4 is 11.4 Å².